The fourth-order valence-corrected chi connectivity index (χ4v) is 0. The predicted molar refractivity (Wildman–Crippen MR) is 18.6 cm³/mol. The van der Waals surface area contributed by atoms with Gasteiger partial charge in [-0.1, -0.05) is 0 Å². The van der Waals surface area contributed by atoms with Crippen LogP contribution in [0.15, 0.2) is 0 Å². The van der Waals surface area contributed by atoms with E-state index in [1.165, 1.54) is 0 Å². The molecule has 0 aromatic rings. The molecule has 0 aromatic carbocycles. The quantitative estimate of drug-likeness (QED) is 0.525. The van der Waals surface area contributed by atoms with Crippen LogP contribution in [-0.4, -0.2) is 11.7 Å². The first-order valence-electron chi connectivity index (χ1n) is 1.15. The fourth-order valence-electron chi connectivity index (χ4n) is 0. The van der Waals surface area contributed by atoms with Gasteiger partial charge in [-0.05, 0) is 6.92 Å². The van der Waals surface area contributed by atoms with E-state index in [-0.39, 0.29) is 6.61 Å². The van der Waals surface area contributed by atoms with Crippen LogP contribution in [0.4, 0.5) is 0 Å². The van der Waals surface area contributed by atoms with Gasteiger partial charge in [0.15, 0.2) is 0 Å². The van der Waals surface area contributed by atoms with Crippen molar-refractivity contribution in [1.29, 1.82) is 0 Å². The van der Waals surface area contributed by atoms with Crippen LogP contribution in [0, 0.1) is 0 Å². The van der Waals surface area contributed by atoms with Crippen molar-refractivity contribution < 1.29 is 19.9 Å². The van der Waals surface area contributed by atoms with Crippen LogP contribution in [0.3, 0.4) is 0 Å². The Kier molecular flexibility index (Phi) is 40.2. The van der Waals surface area contributed by atoms with Crippen molar-refractivity contribution >= 4 is 10.1 Å². The standard InChI is InChI=1S/C2H6O.ClH.Co/c1-2-3;;/h3H,2H2,1H3;1H;/q;;+1/p-1. The van der Waals surface area contributed by atoms with Crippen LogP contribution in [0.5, 0.6) is 0 Å². The van der Waals surface area contributed by atoms with Gasteiger partial charge in [0.1, 0.15) is 0 Å². The normalized spacial score (nSPS) is 5.00. The monoisotopic (exact) mass is 140 g/mol. The maximum absolute atomic E-state index is 7.57. The molecular formula is C2H6ClCoO. The zero-order valence-electron chi connectivity index (χ0n) is 2.87. The summed E-state index contributed by atoms with van der Waals surface area (Å²) in [6.07, 6.45) is 0. The Morgan fingerprint density at radius 3 is 1.80 bits per heavy atom. The molecule has 1 nitrogen and oxygen atoms in total. The molecule has 3 heteroatoms. The molecule has 0 amide bonds. The van der Waals surface area contributed by atoms with Crippen molar-refractivity contribution in [3.8, 4) is 0 Å². The fraction of sp³-hybridized carbons (Fsp3) is 1.00. The minimum absolute atomic E-state index is 0.250. The second-order valence-corrected chi connectivity index (χ2v) is 0.316. The zero-order valence-corrected chi connectivity index (χ0v) is 4.66. The van der Waals surface area contributed by atoms with E-state index in [4.69, 9.17) is 5.11 Å². The number of aliphatic hydroxyl groups is 1. The second-order valence-electron chi connectivity index (χ2n) is 0.316. The molecule has 1 N–H and O–H groups in total. The first-order valence-corrected chi connectivity index (χ1v) is 2.58. The maximum atomic E-state index is 7.57. The van der Waals surface area contributed by atoms with E-state index in [0.717, 1.165) is 0 Å². The Bertz CT molecular complexity index is 9.61. The molecule has 0 aliphatic heterocycles. The van der Waals surface area contributed by atoms with Gasteiger partial charge in [0.05, 0.1) is 0 Å². The summed E-state index contributed by atoms with van der Waals surface area (Å²) < 4.78 is 0. The van der Waals surface area contributed by atoms with Crippen LogP contribution >= 0.6 is 10.1 Å². The third kappa shape index (κ3) is 63.2. The molecule has 0 unspecified atom stereocenters. The molecule has 5 heavy (non-hydrogen) atoms. The van der Waals surface area contributed by atoms with Crippen LogP contribution < -0.4 is 0 Å². The van der Waals surface area contributed by atoms with Gasteiger partial charge in [0.25, 0.3) is 0 Å². The average Bonchev–Trinajstić information content (AvgIpc) is 1.46. The van der Waals surface area contributed by atoms with Crippen LogP contribution in [0.25, 0.3) is 0 Å². The SMILES string of the molecule is CCO.[Cl][Co]. The Labute approximate surface area is 44.2 Å². The van der Waals surface area contributed by atoms with E-state index in [0.29, 0.717) is 0 Å². The Balaban J connectivity index is 0. The van der Waals surface area contributed by atoms with Crippen molar-refractivity contribution in [2.24, 2.45) is 0 Å². The van der Waals surface area contributed by atoms with Gasteiger partial charge in [-0.3, -0.25) is 0 Å². The molecule has 36 valence electrons. The molecular weight excluding hydrogens is 134 g/mol. The van der Waals surface area contributed by atoms with Crippen molar-refractivity contribution in [2.75, 3.05) is 6.61 Å². The van der Waals surface area contributed by atoms with Crippen molar-refractivity contribution in [3.63, 3.8) is 0 Å². The molecule has 0 bridgehead atoms. The summed E-state index contributed by atoms with van der Waals surface area (Å²) in [4.78, 5) is 0. The summed E-state index contributed by atoms with van der Waals surface area (Å²) in [5.41, 5.74) is 0. The zero-order chi connectivity index (χ0) is 4.71. The molecule has 0 radical (unpaired) electrons. The molecule has 0 aliphatic carbocycles. The average molecular weight is 140 g/mol. The Morgan fingerprint density at radius 2 is 1.80 bits per heavy atom. The molecule has 0 atom stereocenters. The van der Waals surface area contributed by atoms with E-state index >= 15 is 0 Å². The molecule has 0 aromatic heterocycles. The number of aliphatic hydroxyl groups excluding tert-OH is 1. The number of rotatable bonds is 0. The summed E-state index contributed by atoms with van der Waals surface area (Å²) in [5.74, 6) is 0. The third-order valence-corrected chi connectivity index (χ3v) is 0. The summed E-state index contributed by atoms with van der Waals surface area (Å²) in [6.45, 7) is 1.93. The molecule has 0 rings (SSSR count). The van der Waals surface area contributed by atoms with Crippen LogP contribution in [-0.2, 0) is 14.8 Å². The van der Waals surface area contributed by atoms with E-state index < -0.39 is 0 Å². The molecule has 0 saturated carbocycles. The van der Waals surface area contributed by atoms with Gasteiger partial charge in [-0.15, -0.1) is 0 Å². The molecule has 0 aliphatic rings. The van der Waals surface area contributed by atoms with E-state index in [9.17, 15) is 0 Å². The number of halogens is 1. The minimum atomic E-state index is 0.250. The van der Waals surface area contributed by atoms with E-state index in [2.05, 4.69) is 25.0 Å². The van der Waals surface area contributed by atoms with Gasteiger partial charge in [0.2, 0.25) is 0 Å². The van der Waals surface area contributed by atoms with Gasteiger partial charge in [-0.2, -0.15) is 0 Å². The van der Waals surface area contributed by atoms with Crippen LogP contribution in [0.1, 0.15) is 6.92 Å². The number of hydrogen-bond acceptors (Lipinski definition) is 1. The van der Waals surface area contributed by atoms with Gasteiger partial charge >= 0.3 is 25.0 Å². The first kappa shape index (κ1) is 9.23. The second kappa shape index (κ2) is 21.8. The summed E-state index contributed by atoms with van der Waals surface area (Å²) in [5, 5.41) is 7.57. The Hall–Kier alpha value is 0.756. The summed E-state index contributed by atoms with van der Waals surface area (Å²) >= 11 is 3.03. The van der Waals surface area contributed by atoms with E-state index in [1.54, 1.807) is 6.92 Å². The topological polar surface area (TPSA) is 20.2 Å². The van der Waals surface area contributed by atoms with Crippen molar-refractivity contribution in [2.45, 2.75) is 6.92 Å². The van der Waals surface area contributed by atoms with Crippen LogP contribution in [0.2, 0.25) is 0 Å². The molecule has 0 spiro atoms. The predicted octanol–water partition coefficient (Wildman–Crippen LogP) is 0.686. The Morgan fingerprint density at radius 1 is 1.80 bits per heavy atom. The van der Waals surface area contributed by atoms with Gasteiger partial charge in [-0.25, -0.2) is 0 Å². The summed E-state index contributed by atoms with van der Waals surface area (Å²) in [7, 11) is 4.33. The first-order chi connectivity index (χ1) is 2.41. The van der Waals surface area contributed by atoms with Crippen molar-refractivity contribution in [1.82, 2.24) is 0 Å². The van der Waals surface area contributed by atoms with Gasteiger partial charge < -0.3 is 5.11 Å². The van der Waals surface area contributed by atoms with Gasteiger partial charge in [0, 0.05) is 6.61 Å². The molecule has 0 saturated heterocycles. The summed E-state index contributed by atoms with van der Waals surface area (Å²) in [6, 6.07) is 0. The number of hydrogen-bond donors (Lipinski definition) is 1. The van der Waals surface area contributed by atoms with Crippen molar-refractivity contribution in [3.05, 3.63) is 0 Å². The third-order valence-electron chi connectivity index (χ3n) is 0. The van der Waals surface area contributed by atoms with E-state index in [1.807, 2.05) is 0 Å². The molecule has 0 fully saturated rings. The molecule has 0 heterocycles.